The highest BCUT2D eigenvalue weighted by Gasteiger charge is 2.13. The minimum Gasteiger partial charge on any atom is -0.337 e. The topological polar surface area (TPSA) is 24.9 Å². The molecule has 0 aliphatic rings. The fraction of sp³-hybridized carbons (Fsp3) is 0. The number of nitrogens with zero attached hydrogens (tertiary/aromatic N) is 1. The van der Waals surface area contributed by atoms with Crippen LogP contribution in [0.15, 0.2) is 22.7 Å². The van der Waals surface area contributed by atoms with Crippen molar-refractivity contribution in [2.45, 2.75) is 0 Å². The summed E-state index contributed by atoms with van der Waals surface area (Å²) >= 11 is 26.7. The van der Waals surface area contributed by atoms with Gasteiger partial charge in [0.05, 0.1) is 20.8 Å². The summed E-state index contributed by atoms with van der Waals surface area (Å²) in [5.74, 6) is -0.194. The normalized spacial score (nSPS) is 10.6. The highest BCUT2D eigenvalue weighted by Crippen LogP contribution is 2.37. The SMILES string of the molecule is Fc1cc(Cl)c(Nc2nc(Cl)c(Cl)cc2Cl)c(Br)c1. The molecule has 0 unspecified atom stereocenters. The second kappa shape index (κ2) is 6.02. The van der Waals surface area contributed by atoms with E-state index in [1.165, 1.54) is 18.2 Å². The summed E-state index contributed by atoms with van der Waals surface area (Å²) in [6, 6.07) is 3.88. The Morgan fingerprint density at radius 1 is 1.00 bits per heavy atom. The Hall–Kier alpha value is -0.260. The lowest BCUT2D eigenvalue weighted by molar-refractivity contribution is 0.627. The van der Waals surface area contributed by atoms with Crippen molar-refractivity contribution in [2.75, 3.05) is 5.32 Å². The van der Waals surface area contributed by atoms with Crippen LogP contribution in [0, 0.1) is 5.82 Å². The molecule has 1 heterocycles. The number of anilines is 2. The van der Waals surface area contributed by atoms with Gasteiger partial charge in [0.25, 0.3) is 0 Å². The molecule has 0 aliphatic heterocycles. The van der Waals surface area contributed by atoms with Gasteiger partial charge in [0.2, 0.25) is 0 Å². The fourth-order valence-corrected chi connectivity index (χ4v) is 2.76. The van der Waals surface area contributed by atoms with Crippen molar-refractivity contribution in [1.29, 1.82) is 0 Å². The third-order valence-electron chi connectivity index (χ3n) is 2.14. The predicted octanol–water partition coefficient (Wildman–Crippen LogP) is 6.34. The second-order valence-corrected chi connectivity index (χ2v) is 5.89. The van der Waals surface area contributed by atoms with Crippen molar-refractivity contribution < 1.29 is 4.39 Å². The Morgan fingerprint density at radius 3 is 2.32 bits per heavy atom. The lowest BCUT2D eigenvalue weighted by atomic mass is 10.3. The molecule has 0 bridgehead atoms. The van der Waals surface area contributed by atoms with Gasteiger partial charge in [-0.1, -0.05) is 46.4 Å². The van der Waals surface area contributed by atoms with Gasteiger partial charge in [-0.05, 0) is 34.1 Å². The minimum absolute atomic E-state index is 0.0999. The molecule has 2 aromatic rings. The Balaban J connectivity index is 2.45. The number of hydrogen-bond acceptors (Lipinski definition) is 2. The fourth-order valence-electron chi connectivity index (χ4n) is 1.31. The third-order valence-corrected chi connectivity index (χ3v) is 4.02. The van der Waals surface area contributed by atoms with E-state index in [0.29, 0.717) is 10.2 Å². The average molecular weight is 405 g/mol. The van der Waals surface area contributed by atoms with Gasteiger partial charge in [-0.15, -0.1) is 0 Å². The summed E-state index contributed by atoms with van der Waals surface area (Å²) in [5.41, 5.74) is 0.427. The zero-order valence-corrected chi connectivity index (χ0v) is 13.6. The van der Waals surface area contributed by atoms with E-state index in [0.717, 1.165) is 0 Å². The van der Waals surface area contributed by atoms with Crippen LogP contribution in [0.5, 0.6) is 0 Å². The number of nitrogens with one attached hydrogen (secondary N) is 1. The molecule has 2 rings (SSSR count). The highest BCUT2D eigenvalue weighted by atomic mass is 79.9. The molecular formula is C11H4BrCl4FN2. The third kappa shape index (κ3) is 3.44. The molecule has 0 atom stereocenters. The van der Waals surface area contributed by atoms with Crippen molar-refractivity contribution in [3.63, 3.8) is 0 Å². The molecule has 0 radical (unpaired) electrons. The molecule has 2 nitrogen and oxygen atoms in total. The number of benzene rings is 1. The van der Waals surface area contributed by atoms with Gasteiger partial charge in [0.1, 0.15) is 11.0 Å². The first kappa shape index (κ1) is 15.1. The van der Waals surface area contributed by atoms with Crippen LogP contribution in [-0.2, 0) is 0 Å². The van der Waals surface area contributed by atoms with Crippen molar-refractivity contribution in [3.8, 4) is 0 Å². The molecule has 1 N–H and O–H groups in total. The predicted molar refractivity (Wildman–Crippen MR) is 81.7 cm³/mol. The lowest BCUT2D eigenvalue weighted by Crippen LogP contribution is -1.97. The zero-order chi connectivity index (χ0) is 14.2. The van der Waals surface area contributed by atoms with E-state index >= 15 is 0 Å². The van der Waals surface area contributed by atoms with Crippen molar-refractivity contribution in [1.82, 2.24) is 4.98 Å². The number of aromatic nitrogens is 1. The Bertz CT molecular complexity index is 628. The zero-order valence-electron chi connectivity index (χ0n) is 8.95. The number of halogens is 6. The number of rotatable bonds is 2. The first-order valence-corrected chi connectivity index (χ1v) is 7.12. The quantitative estimate of drug-likeness (QED) is 0.590. The summed E-state index contributed by atoms with van der Waals surface area (Å²) in [4.78, 5) is 3.99. The molecule has 0 spiro atoms. The van der Waals surface area contributed by atoms with Gasteiger partial charge in [0.15, 0.2) is 5.82 Å². The number of pyridine rings is 1. The molecule has 0 saturated carbocycles. The summed E-state index contributed by atoms with van der Waals surface area (Å²) in [6.07, 6.45) is 0. The van der Waals surface area contributed by atoms with Crippen molar-refractivity contribution in [3.05, 3.63) is 48.7 Å². The van der Waals surface area contributed by atoms with Crippen LogP contribution >= 0.6 is 62.3 Å². The molecule has 8 heteroatoms. The Kier molecular flexibility index (Phi) is 4.79. The lowest BCUT2D eigenvalue weighted by Gasteiger charge is -2.12. The van der Waals surface area contributed by atoms with Crippen LogP contribution in [0.4, 0.5) is 15.9 Å². The van der Waals surface area contributed by atoms with Gasteiger partial charge in [-0.25, -0.2) is 9.37 Å². The molecule has 0 amide bonds. The van der Waals surface area contributed by atoms with E-state index in [1.54, 1.807) is 0 Å². The highest BCUT2D eigenvalue weighted by molar-refractivity contribution is 9.10. The Labute approximate surface area is 137 Å². The van der Waals surface area contributed by atoms with Gasteiger partial charge in [0, 0.05) is 4.47 Å². The molecule has 100 valence electrons. The first-order chi connectivity index (χ1) is 8.88. The van der Waals surface area contributed by atoms with Gasteiger partial charge in [-0.2, -0.15) is 0 Å². The summed E-state index contributed by atoms with van der Waals surface area (Å²) in [6.45, 7) is 0. The maximum Gasteiger partial charge on any atom is 0.151 e. The maximum absolute atomic E-state index is 13.1. The van der Waals surface area contributed by atoms with Crippen molar-refractivity contribution >= 4 is 73.8 Å². The molecular weight excluding hydrogens is 401 g/mol. The summed E-state index contributed by atoms with van der Waals surface area (Å²) < 4.78 is 13.6. The van der Waals surface area contributed by atoms with E-state index in [1.807, 2.05) is 0 Å². The second-order valence-electron chi connectivity index (χ2n) is 3.46. The first-order valence-electron chi connectivity index (χ1n) is 4.81. The summed E-state index contributed by atoms with van der Waals surface area (Å²) in [7, 11) is 0. The smallest absolute Gasteiger partial charge is 0.151 e. The van der Waals surface area contributed by atoms with E-state index in [4.69, 9.17) is 46.4 Å². The van der Waals surface area contributed by atoms with E-state index in [2.05, 4.69) is 26.2 Å². The molecule has 19 heavy (non-hydrogen) atoms. The van der Waals surface area contributed by atoms with Crippen LogP contribution in [0.1, 0.15) is 0 Å². The van der Waals surface area contributed by atoms with Crippen LogP contribution in [0.2, 0.25) is 20.2 Å². The van der Waals surface area contributed by atoms with E-state index in [-0.39, 0.29) is 26.0 Å². The largest absolute Gasteiger partial charge is 0.337 e. The van der Waals surface area contributed by atoms with Crippen LogP contribution in [0.3, 0.4) is 0 Å². The molecule has 0 fully saturated rings. The van der Waals surface area contributed by atoms with Crippen molar-refractivity contribution in [2.24, 2.45) is 0 Å². The van der Waals surface area contributed by atoms with Gasteiger partial charge >= 0.3 is 0 Å². The molecule has 0 aliphatic carbocycles. The average Bonchev–Trinajstić information content (AvgIpc) is 2.29. The van der Waals surface area contributed by atoms with Gasteiger partial charge in [-0.3, -0.25) is 0 Å². The van der Waals surface area contributed by atoms with E-state index < -0.39 is 5.82 Å². The monoisotopic (exact) mass is 402 g/mol. The summed E-state index contributed by atoms with van der Waals surface area (Å²) in [5, 5.41) is 3.65. The molecule has 1 aromatic carbocycles. The van der Waals surface area contributed by atoms with Crippen LogP contribution in [-0.4, -0.2) is 4.98 Å². The number of hydrogen-bond donors (Lipinski definition) is 1. The van der Waals surface area contributed by atoms with Gasteiger partial charge < -0.3 is 5.32 Å². The maximum atomic E-state index is 13.1. The standard InChI is InChI=1S/C11H4BrCl4FN2/c12-5-1-4(17)2-6(13)9(5)18-11-8(15)3-7(14)10(16)19-11/h1-3H,(H,18,19). The van der Waals surface area contributed by atoms with Crippen LogP contribution < -0.4 is 5.32 Å². The minimum atomic E-state index is -0.462. The van der Waals surface area contributed by atoms with Crippen LogP contribution in [0.25, 0.3) is 0 Å². The Morgan fingerprint density at radius 2 is 1.68 bits per heavy atom. The van der Waals surface area contributed by atoms with E-state index in [9.17, 15) is 4.39 Å². The molecule has 0 saturated heterocycles. The molecule has 1 aromatic heterocycles.